The zero-order valence-corrected chi connectivity index (χ0v) is 8.38. The second kappa shape index (κ2) is 4.39. The number of hydrogen-bond acceptors (Lipinski definition) is 4. The Morgan fingerprint density at radius 3 is 3.14 bits per heavy atom. The summed E-state index contributed by atoms with van der Waals surface area (Å²) in [6.45, 7) is 3.04. The van der Waals surface area contributed by atoms with Gasteiger partial charge in [0.05, 0.1) is 0 Å². The maximum absolute atomic E-state index is 4.29. The van der Waals surface area contributed by atoms with Gasteiger partial charge in [-0.1, -0.05) is 6.07 Å². The third-order valence-corrected chi connectivity index (χ3v) is 2.49. The largest absolute Gasteiger partial charge is 0.373 e. The molecule has 1 atom stereocenters. The van der Waals surface area contributed by atoms with Crippen molar-refractivity contribution in [2.24, 2.45) is 0 Å². The minimum Gasteiger partial charge on any atom is -0.373 e. The molecule has 0 aliphatic carbocycles. The van der Waals surface area contributed by atoms with Crippen molar-refractivity contribution in [1.82, 2.24) is 15.6 Å². The highest BCUT2D eigenvalue weighted by Gasteiger charge is 2.17. The summed E-state index contributed by atoms with van der Waals surface area (Å²) in [6, 6.07) is 4.47. The van der Waals surface area contributed by atoms with E-state index >= 15 is 0 Å². The highest BCUT2D eigenvalue weighted by Crippen LogP contribution is 2.20. The van der Waals surface area contributed by atoms with E-state index in [2.05, 4.69) is 27.0 Å². The molecule has 4 nitrogen and oxygen atoms in total. The molecular formula is C10H16N4. The minimum atomic E-state index is 0.375. The average molecular weight is 192 g/mol. The summed E-state index contributed by atoms with van der Waals surface area (Å²) in [5.74, 6) is 0.966. The molecule has 0 aromatic carbocycles. The van der Waals surface area contributed by atoms with Gasteiger partial charge in [-0.3, -0.25) is 0 Å². The van der Waals surface area contributed by atoms with Crippen LogP contribution in [0.25, 0.3) is 0 Å². The third-order valence-electron chi connectivity index (χ3n) is 2.49. The van der Waals surface area contributed by atoms with Crippen LogP contribution in [0.15, 0.2) is 18.3 Å². The number of pyridine rings is 1. The van der Waals surface area contributed by atoms with Crippen molar-refractivity contribution in [2.75, 3.05) is 32.0 Å². The zero-order chi connectivity index (χ0) is 9.80. The molecule has 0 bridgehead atoms. The first-order valence-corrected chi connectivity index (χ1v) is 4.98. The van der Waals surface area contributed by atoms with Gasteiger partial charge in [0.1, 0.15) is 5.82 Å². The molecule has 2 heterocycles. The van der Waals surface area contributed by atoms with Gasteiger partial charge in [0, 0.05) is 44.5 Å². The predicted octanol–water partition coefficient (Wildman–Crippen LogP) is 0.357. The number of aromatic nitrogens is 1. The summed E-state index contributed by atoms with van der Waals surface area (Å²) in [5, 5.41) is 9.95. The maximum atomic E-state index is 4.29. The molecule has 1 aliphatic rings. The van der Waals surface area contributed by atoms with Crippen LogP contribution in [-0.2, 0) is 0 Å². The molecule has 4 heteroatoms. The molecule has 0 amide bonds. The van der Waals surface area contributed by atoms with Crippen molar-refractivity contribution in [3.05, 3.63) is 23.9 Å². The van der Waals surface area contributed by atoms with Crippen LogP contribution < -0.4 is 16.0 Å². The molecule has 2 rings (SSSR count). The Hall–Kier alpha value is -1.13. The zero-order valence-electron chi connectivity index (χ0n) is 8.38. The molecule has 0 radical (unpaired) electrons. The monoisotopic (exact) mass is 192 g/mol. The number of rotatable bonds is 2. The first-order chi connectivity index (χ1) is 6.92. The van der Waals surface area contributed by atoms with E-state index < -0.39 is 0 Å². The molecule has 14 heavy (non-hydrogen) atoms. The van der Waals surface area contributed by atoms with Gasteiger partial charge in [-0.25, -0.2) is 4.98 Å². The van der Waals surface area contributed by atoms with Crippen molar-refractivity contribution < 1.29 is 0 Å². The highest BCUT2D eigenvalue weighted by atomic mass is 15.1. The van der Waals surface area contributed by atoms with Crippen molar-refractivity contribution in [2.45, 2.75) is 6.04 Å². The van der Waals surface area contributed by atoms with E-state index in [4.69, 9.17) is 0 Å². The molecule has 0 spiro atoms. The highest BCUT2D eigenvalue weighted by molar-refractivity contribution is 5.45. The van der Waals surface area contributed by atoms with Crippen LogP contribution in [0.3, 0.4) is 0 Å². The molecule has 1 unspecified atom stereocenters. The van der Waals surface area contributed by atoms with Crippen LogP contribution in [0.1, 0.15) is 11.6 Å². The topological polar surface area (TPSA) is 49.0 Å². The van der Waals surface area contributed by atoms with Gasteiger partial charge in [0.2, 0.25) is 0 Å². The fourth-order valence-corrected chi connectivity index (χ4v) is 1.78. The van der Waals surface area contributed by atoms with E-state index in [0.29, 0.717) is 6.04 Å². The summed E-state index contributed by atoms with van der Waals surface area (Å²) in [6.07, 6.45) is 1.81. The number of anilines is 1. The summed E-state index contributed by atoms with van der Waals surface area (Å²) in [7, 11) is 1.90. The van der Waals surface area contributed by atoms with Crippen LogP contribution in [0.4, 0.5) is 5.82 Å². The molecule has 76 valence electrons. The van der Waals surface area contributed by atoms with Crippen molar-refractivity contribution in [3.8, 4) is 0 Å². The summed E-state index contributed by atoms with van der Waals surface area (Å²) >= 11 is 0. The Morgan fingerprint density at radius 2 is 2.43 bits per heavy atom. The first-order valence-electron chi connectivity index (χ1n) is 4.98. The smallest absolute Gasteiger partial charge is 0.130 e. The lowest BCUT2D eigenvalue weighted by atomic mass is 10.1. The van der Waals surface area contributed by atoms with Gasteiger partial charge >= 0.3 is 0 Å². The summed E-state index contributed by atoms with van der Waals surface area (Å²) in [4.78, 5) is 4.29. The summed E-state index contributed by atoms with van der Waals surface area (Å²) in [5.41, 5.74) is 1.24. The van der Waals surface area contributed by atoms with Gasteiger partial charge in [0.15, 0.2) is 0 Å². The molecule has 1 aromatic heterocycles. The molecule has 1 saturated heterocycles. The standard InChI is InChI=1S/C10H16N4/c1-11-10-8(3-2-4-14-10)9-7-12-5-6-13-9/h2-4,9,12-13H,5-7H2,1H3,(H,11,14). The Balaban J connectivity index is 2.20. The van der Waals surface area contributed by atoms with E-state index in [1.165, 1.54) is 5.56 Å². The van der Waals surface area contributed by atoms with Crippen molar-refractivity contribution in [3.63, 3.8) is 0 Å². The maximum Gasteiger partial charge on any atom is 0.130 e. The summed E-state index contributed by atoms with van der Waals surface area (Å²) < 4.78 is 0. The van der Waals surface area contributed by atoms with Gasteiger partial charge < -0.3 is 16.0 Å². The Labute approximate surface area is 84.1 Å². The molecule has 1 aromatic rings. The van der Waals surface area contributed by atoms with Gasteiger partial charge in [0.25, 0.3) is 0 Å². The minimum absolute atomic E-state index is 0.375. The lowest BCUT2D eigenvalue weighted by Crippen LogP contribution is -2.42. The normalized spacial score (nSPS) is 21.9. The molecular weight excluding hydrogens is 176 g/mol. The van der Waals surface area contributed by atoms with E-state index in [-0.39, 0.29) is 0 Å². The van der Waals surface area contributed by atoms with Crippen LogP contribution >= 0.6 is 0 Å². The van der Waals surface area contributed by atoms with Crippen molar-refractivity contribution >= 4 is 5.82 Å². The number of piperazine rings is 1. The first kappa shape index (κ1) is 9.43. The molecule has 0 saturated carbocycles. The predicted molar refractivity (Wildman–Crippen MR) is 57.4 cm³/mol. The molecule has 3 N–H and O–H groups in total. The van der Waals surface area contributed by atoms with Crippen LogP contribution in [0.5, 0.6) is 0 Å². The average Bonchev–Trinajstić information content (AvgIpc) is 2.30. The fraction of sp³-hybridized carbons (Fsp3) is 0.500. The van der Waals surface area contributed by atoms with Gasteiger partial charge in [-0.15, -0.1) is 0 Å². The third kappa shape index (κ3) is 1.86. The van der Waals surface area contributed by atoms with Gasteiger partial charge in [-0.2, -0.15) is 0 Å². The van der Waals surface area contributed by atoms with E-state index in [9.17, 15) is 0 Å². The quantitative estimate of drug-likeness (QED) is 0.633. The molecule has 1 aliphatic heterocycles. The van der Waals surface area contributed by atoms with E-state index in [1.807, 2.05) is 19.3 Å². The van der Waals surface area contributed by atoms with Crippen molar-refractivity contribution in [1.29, 1.82) is 0 Å². The SMILES string of the molecule is CNc1ncccc1C1CNCCN1. The lowest BCUT2D eigenvalue weighted by molar-refractivity contribution is 0.430. The van der Waals surface area contributed by atoms with Crippen LogP contribution in [-0.4, -0.2) is 31.7 Å². The lowest BCUT2D eigenvalue weighted by Gasteiger charge is -2.25. The van der Waals surface area contributed by atoms with E-state index in [0.717, 1.165) is 25.5 Å². The van der Waals surface area contributed by atoms with E-state index in [1.54, 1.807) is 0 Å². The molecule has 1 fully saturated rings. The number of hydrogen-bond donors (Lipinski definition) is 3. The van der Waals surface area contributed by atoms with Crippen LogP contribution in [0, 0.1) is 0 Å². The Kier molecular flexibility index (Phi) is 2.96. The Morgan fingerprint density at radius 1 is 1.50 bits per heavy atom. The second-order valence-electron chi connectivity index (χ2n) is 3.40. The van der Waals surface area contributed by atoms with Gasteiger partial charge in [-0.05, 0) is 6.07 Å². The van der Waals surface area contributed by atoms with Crippen LogP contribution in [0.2, 0.25) is 0 Å². The number of nitrogens with zero attached hydrogens (tertiary/aromatic N) is 1. The number of nitrogens with one attached hydrogen (secondary N) is 3. The second-order valence-corrected chi connectivity index (χ2v) is 3.40. The Bertz CT molecular complexity index is 294. The fourth-order valence-electron chi connectivity index (χ4n) is 1.78.